The number of alkyl halides is 3. The van der Waals surface area contributed by atoms with E-state index in [1.807, 2.05) is 24.0 Å². The van der Waals surface area contributed by atoms with Crippen molar-refractivity contribution in [3.63, 3.8) is 0 Å². The lowest BCUT2D eigenvalue weighted by molar-refractivity contribution is -0.138. The molecular formula is C41H53ClF3N7O5S. The van der Waals surface area contributed by atoms with Crippen molar-refractivity contribution < 1.29 is 37.1 Å². The number of amides is 4. The van der Waals surface area contributed by atoms with Crippen LogP contribution in [0.1, 0.15) is 89.8 Å². The number of piperidine rings is 1. The number of hydrogen-bond acceptors (Lipinski definition) is 10. The molecule has 2 aromatic rings. The van der Waals surface area contributed by atoms with Gasteiger partial charge in [0.05, 0.1) is 47.4 Å². The maximum absolute atomic E-state index is 13.7. The number of piperazine rings is 1. The number of ether oxygens (including phenoxy) is 1. The molecule has 3 aliphatic heterocycles. The fourth-order valence-corrected chi connectivity index (χ4v) is 9.71. The number of carbonyl (C=O) groups is 4. The van der Waals surface area contributed by atoms with Crippen LogP contribution in [0.2, 0.25) is 0 Å². The first-order valence-corrected chi connectivity index (χ1v) is 20.1. The number of benzene rings is 2. The van der Waals surface area contributed by atoms with Gasteiger partial charge in [0.25, 0.3) is 0 Å². The third kappa shape index (κ3) is 9.35. The lowest BCUT2D eigenvalue weighted by Crippen LogP contribution is -2.58. The molecule has 3 heterocycles. The van der Waals surface area contributed by atoms with Crippen LogP contribution in [0.25, 0.3) is 0 Å². The molecule has 4 atom stereocenters. The summed E-state index contributed by atoms with van der Waals surface area (Å²) in [4.78, 5) is 58.8. The Bertz CT molecular complexity index is 1890. The molecule has 3 saturated heterocycles. The molecule has 1 aliphatic carbocycles. The average molecular weight is 848 g/mol. The Hall–Kier alpha value is -3.72. The van der Waals surface area contributed by atoms with Gasteiger partial charge in [0.2, 0.25) is 23.6 Å². The molecule has 12 nitrogen and oxygen atoms in total. The van der Waals surface area contributed by atoms with E-state index in [4.69, 9.17) is 17.4 Å². The predicted molar refractivity (Wildman–Crippen MR) is 218 cm³/mol. The summed E-state index contributed by atoms with van der Waals surface area (Å²) >= 11 is 4.76. The van der Waals surface area contributed by atoms with Crippen LogP contribution in [-0.4, -0.2) is 106 Å². The number of nitriles is 1. The van der Waals surface area contributed by atoms with Crippen LogP contribution >= 0.6 is 25.0 Å². The molecule has 1 saturated carbocycles. The highest BCUT2D eigenvalue weighted by atomic mass is 35.5. The molecule has 2 unspecified atom stereocenters. The fourth-order valence-electron chi connectivity index (χ4n) is 9.00. The number of anilines is 2. The Morgan fingerprint density at radius 3 is 2.24 bits per heavy atom. The highest BCUT2D eigenvalue weighted by Gasteiger charge is 2.54. The van der Waals surface area contributed by atoms with Gasteiger partial charge in [-0.1, -0.05) is 12.1 Å². The van der Waals surface area contributed by atoms with E-state index >= 15 is 0 Å². The number of imide groups is 1. The molecule has 4 amide bonds. The second-order valence-electron chi connectivity index (χ2n) is 16.6. The second-order valence-corrected chi connectivity index (χ2v) is 17.1. The second kappa shape index (κ2) is 17.9. The summed E-state index contributed by atoms with van der Waals surface area (Å²) in [5.41, 5.74) is -2.68. The van der Waals surface area contributed by atoms with Crippen molar-refractivity contribution in [2.75, 3.05) is 43.0 Å². The van der Waals surface area contributed by atoms with Crippen LogP contribution in [0, 0.1) is 11.3 Å². The Morgan fingerprint density at radius 1 is 1.02 bits per heavy atom. The van der Waals surface area contributed by atoms with Crippen LogP contribution in [0.5, 0.6) is 0 Å². The summed E-state index contributed by atoms with van der Waals surface area (Å²) in [5.74, 6) is -1.04. The van der Waals surface area contributed by atoms with Crippen LogP contribution in [0.4, 0.5) is 24.5 Å². The van der Waals surface area contributed by atoms with Crippen molar-refractivity contribution in [1.82, 2.24) is 20.0 Å². The summed E-state index contributed by atoms with van der Waals surface area (Å²) < 4.78 is 47.6. The van der Waals surface area contributed by atoms with Gasteiger partial charge < -0.3 is 10.1 Å². The normalized spacial score (nSPS) is 28.4. The van der Waals surface area contributed by atoms with E-state index < -0.39 is 33.8 Å². The van der Waals surface area contributed by atoms with Gasteiger partial charge in [-0.2, -0.15) is 18.4 Å². The topological polar surface area (TPSA) is 138 Å². The SMILES string of the molecule is C[C@@H]1CN(CCOC2CCC(N3C(S)N(c4ccc(C#N)c(C(F)(F)F)c4)C(=O)C3(C)C)CC2)C[C@H](C)N1CC(=O)Nc1ccc(C2(C)CCC(=O)NC2=O)cc1.Cl. The predicted octanol–water partition coefficient (Wildman–Crippen LogP) is 5.69. The number of halogens is 4. The highest BCUT2D eigenvalue weighted by molar-refractivity contribution is 7.81. The number of nitrogens with zero attached hydrogens (tertiary/aromatic N) is 5. The van der Waals surface area contributed by atoms with Crippen molar-refractivity contribution >= 4 is 60.0 Å². The van der Waals surface area contributed by atoms with Crippen LogP contribution < -0.4 is 15.5 Å². The fraction of sp³-hybridized carbons (Fsp3) is 0.585. The molecule has 2 aromatic carbocycles. The van der Waals surface area contributed by atoms with Crippen molar-refractivity contribution in [1.29, 1.82) is 5.26 Å². The molecule has 6 rings (SSSR count). The van der Waals surface area contributed by atoms with E-state index in [1.165, 1.54) is 11.0 Å². The molecule has 0 spiro atoms. The molecular weight excluding hydrogens is 795 g/mol. The first-order valence-electron chi connectivity index (χ1n) is 19.6. The summed E-state index contributed by atoms with van der Waals surface area (Å²) in [7, 11) is 0. The molecule has 17 heteroatoms. The minimum Gasteiger partial charge on any atom is -0.377 e. The summed E-state index contributed by atoms with van der Waals surface area (Å²) in [5, 5.41) is 14.6. The van der Waals surface area contributed by atoms with Crippen LogP contribution in [-0.2, 0) is 35.5 Å². The Labute approximate surface area is 349 Å². The van der Waals surface area contributed by atoms with Crippen molar-refractivity contribution in [2.24, 2.45) is 0 Å². The highest BCUT2D eigenvalue weighted by Crippen LogP contribution is 2.43. The zero-order valence-electron chi connectivity index (χ0n) is 33.5. The zero-order chi connectivity index (χ0) is 41.4. The maximum Gasteiger partial charge on any atom is 0.417 e. The van der Waals surface area contributed by atoms with Gasteiger partial charge >= 0.3 is 6.18 Å². The standard InChI is InChI=1S/C41H52F3N7O5S.ClH/c1-25-22-48(23-26(2)49(25)24-35(53)46-29-9-7-28(8-10-29)40(5)17-16-34(52)47-36(40)54)18-19-56-32-14-12-30(13-15-32)51-38(57)50(37(55)39(51,3)4)31-11-6-27(21-45)33(20-31)41(42,43)44;/h6-11,20,25-26,30,32,38,57H,12-19,22-24H2,1-5H3,(H,46,53)(H,47,52,54);1H/t25-,26+,30?,32?,38?,40?;. The average Bonchev–Trinajstić information content (AvgIpc) is 3.33. The molecule has 316 valence electrons. The van der Waals surface area contributed by atoms with Crippen molar-refractivity contribution in [3.8, 4) is 6.07 Å². The van der Waals surface area contributed by atoms with E-state index in [0.717, 1.165) is 63.0 Å². The third-order valence-electron chi connectivity index (χ3n) is 12.3. The minimum atomic E-state index is -4.74. The van der Waals surface area contributed by atoms with E-state index in [9.17, 15) is 37.6 Å². The van der Waals surface area contributed by atoms with Gasteiger partial charge in [0, 0.05) is 55.6 Å². The zero-order valence-corrected chi connectivity index (χ0v) is 35.2. The maximum atomic E-state index is 13.7. The smallest absolute Gasteiger partial charge is 0.377 e. The molecule has 4 fully saturated rings. The van der Waals surface area contributed by atoms with Gasteiger partial charge in [0.15, 0.2) is 0 Å². The van der Waals surface area contributed by atoms with E-state index in [2.05, 4.69) is 34.3 Å². The van der Waals surface area contributed by atoms with Crippen LogP contribution in [0.15, 0.2) is 42.5 Å². The van der Waals surface area contributed by atoms with E-state index in [1.54, 1.807) is 32.0 Å². The van der Waals surface area contributed by atoms with Crippen LogP contribution in [0.3, 0.4) is 0 Å². The van der Waals surface area contributed by atoms with Gasteiger partial charge in [0.1, 0.15) is 5.50 Å². The molecule has 4 aliphatic rings. The third-order valence-corrected chi connectivity index (χ3v) is 12.8. The number of thiol groups is 1. The van der Waals surface area contributed by atoms with Gasteiger partial charge in [-0.25, -0.2) is 0 Å². The monoisotopic (exact) mass is 847 g/mol. The Morgan fingerprint density at radius 2 is 1.66 bits per heavy atom. The lowest BCUT2D eigenvalue weighted by Gasteiger charge is -2.44. The van der Waals surface area contributed by atoms with Crippen molar-refractivity contribution in [3.05, 3.63) is 59.2 Å². The Kier molecular flexibility index (Phi) is 14.0. The number of hydrogen-bond donors (Lipinski definition) is 3. The van der Waals surface area contributed by atoms with Crippen molar-refractivity contribution in [2.45, 2.75) is 120 Å². The number of carbonyl (C=O) groups excluding carboxylic acids is 4. The molecule has 0 radical (unpaired) electrons. The molecule has 58 heavy (non-hydrogen) atoms. The van der Waals surface area contributed by atoms with E-state index in [0.29, 0.717) is 18.7 Å². The molecule has 2 N–H and O–H groups in total. The largest absolute Gasteiger partial charge is 0.417 e. The Balaban J connectivity index is 0.00000641. The number of rotatable bonds is 10. The summed E-state index contributed by atoms with van der Waals surface area (Å²) in [6.45, 7) is 12.7. The van der Waals surface area contributed by atoms with Gasteiger partial charge in [-0.15, -0.1) is 25.0 Å². The summed E-state index contributed by atoms with van der Waals surface area (Å²) in [6, 6.07) is 12.4. The summed E-state index contributed by atoms with van der Waals surface area (Å²) in [6.07, 6.45) is -0.951. The lowest BCUT2D eigenvalue weighted by atomic mass is 9.75. The van der Waals surface area contributed by atoms with Gasteiger partial charge in [-0.05, 0) is 103 Å². The van der Waals surface area contributed by atoms with E-state index in [-0.39, 0.29) is 78.9 Å². The van der Waals surface area contributed by atoms with Gasteiger partial charge in [-0.3, -0.25) is 44.1 Å². The minimum absolute atomic E-state index is 0. The first kappa shape index (κ1) is 45.4. The molecule has 0 aromatic heterocycles. The molecule has 0 bridgehead atoms. The first-order chi connectivity index (χ1) is 26.8. The quantitative estimate of drug-likeness (QED) is 0.203. The number of nitrogens with one attached hydrogen (secondary N) is 2.